The lowest BCUT2D eigenvalue weighted by molar-refractivity contribution is -0.139. The molecule has 19 heavy (non-hydrogen) atoms. The molecular formula is C15H22N2O2. The van der Waals surface area contributed by atoms with Crippen LogP contribution in [0.3, 0.4) is 0 Å². The van der Waals surface area contributed by atoms with E-state index in [1.807, 2.05) is 4.90 Å². The summed E-state index contributed by atoms with van der Waals surface area (Å²) in [6.07, 6.45) is 9.28. The molecule has 1 unspecified atom stereocenters. The minimum Gasteiger partial charge on any atom is -0.340 e. The molecule has 2 aliphatic heterocycles. The second-order valence-corrected chi connectivity index (χ2v) is 5.83. The van der Waals surface area contributed by atoms with Gasteiger partial charge in [-0.05, 0) is 38.5 Å². The summed E-state index contributed by atoms with van der Waals surface area (Å²) in [5.74, 6) is 0.348. The Morgan fingerprint density at radius 2 is 2.05 bits per heavy atom. The molecule has 0 bridgehead atoms. The molecule has 4 nitrogen and oxygen atoms in total. The van der Waals surface area contributed by atoms with Gasteiger partial charge in [0.2, 0.25) is 11.8 Å². The third kappa shape index (κ3) is 2.53. The predicted octanol–water partition coefficient (Wildman–Crippen LogP) is 1.71. The fraction of sp³-hybridized carbons (Fsp3) is 0.733. The summed E-state index contributed by atoms with van der Waals surface area (Å²) in [6, 6.07) is -0.160. The highest BCUT2D eigenvalue weighted by atomic mass is 16.2. The largest absolute Gasteiger partial charge is 0.340 e. The maximum Gasteiger partial charge on any atom is 0.245 e. The molecule has 1 aliphatic carbocycles. The molecule has 1 atom stereocenters. The van der Waals surface area contributed by atoms with E-state index in [1.54, 1.807) is 4.90 Å². The van der Waals surface area contributed by atoms with Crippen molar-refractivity contribution in [2.75, 3.05) is 19.6 Å². The van der Waals surface area contributed by atoms with Crippen LogP contribution >= 0.6 is 0 Å². The van der Waals surface area contributed by atoms with E-state index in [1.165, 1.54) is 24.8 Å². The van der Waals surface area contributed by atoms with E-state index in [-0.39, 0.29) is 17.9 Å². The first kappa shape index (κ1) is 12.7. The van der Waals surface area contributed by atoms with Crippen LogP contribution in [0.4, 0.5) is 0 Å². The van der Waals surface area contributed by atoms with Crippen LogP contribution < -0.4 is 0 Å². The van der Waals surface area contributed by atoms with Crippen LogP contribution in [0.1, 0.15) is 44.9 Å². The summed E-state index contributed by atoms with van der Waals surface area (Å²) in [5, 5.41) is 0. The molecule has 3 aliphatic rings. The molecule has 0 saturated carbocycles. The average molecular weight is 262 g/mol. The quantitative estimate of drug-likeness (QED) is 0.726. The van der Waals surface area contributed by atoms with E-state index in [2.05, 4.69) is 6.08 Å². The Balaban J connectivity index is 1.64. The molecule has 0 spiro atoms. The fourth-order valence-electron chi connectivity index (χ4n) is 3.48. The maximum absolute atomic E-state index is 12.5. The van der Waals surface area contributed by atoms with E-state index >= 15 is 0 Å². The summed E-state index contributed by atoms with van der Waals surface area (Å²) in [4.78, 5) is 28.2. The van der Waals surface area contributed by atoms with Gasteiger partial charge in [-0.15, -0.1) is 0 Å². The number of carbonyl (C=O) groups excluding carboxylic acids is 2. The Labute approximate surface area is 114 Å². The number of hydrogen-bond acceptors (Lipinski definition) is 2. The van der Waals surface area contributed by atoms with Gasteiger partial charge in [-0.25, -0.2) is 0 Å². The van der Waals surface area contributed by atoms with Crippen molar-refractivity contribution in [1.29, 1.82) is 0 Å². The summed E-state index contributed by atoms with van der Waals surface area (Å²) in [6.45, 7) is 2.18. The van der Waals surface area contributed by atoms with Crippen molar-refractivity contribution < 1.29 is 9.59 Å². The molecule has 2 saturated heterocycles. The number of amides is 2. The zero-order valence-electron chi connectivity index (χ0n) is 11.4. The van der Waals surface area contributed by atoms with E-state index in [4.69, 9.17) is 0 Å². The molecule has 2 amide bonds. The predicted molar refractivity (Wildman–Crippen MR) is 72.5 cm³/mol. The Bertz CT molecular complexity index is 416. The maximum atomic E-state index is 12.5. The zero-order chi connectivity index (χ0) is 13.2. The summed E-state index contributed by atoms with van der Waals surface area (Å²) in [7, 11) is 0. The summed E-state index contributed by atoms with van der Waals surface area (Å²) in [5.41, 5.74) is 1.49. The number of allylic oxidation sites excluding steroid dienone is 1. The summed E-state index contributed by atoms with van der Waals surface area (Å²) < 4.78 is 0. The standard InChI is InChI=1S/C15H22N2O2/c18-14-8-11-16(10-7-12-4-1-2-5-12)15(19)13-6-3-9-17(13)14/h4,13H,1-3,5-11H2. The van der Waals surface area contributed by atoms with Crippen molar-refractivity contribution >= 4 is 11.8 Å². The second-order valence-electron chi connectivity index (χ2n) is 5.83. The van der Waals surface area contributed by atoms with Crippen molar-refractivity contribution in [3.63, 3.8) is 0 Å². The molecule has 2 fully saturated rings. The zero-order valence-corrected chi connectivity index (χ0v) is 11.4. The van der Waals surface area contributed by atoms with Crippen LogP contribution in [0, 0.1) is 0 Å². The molecular weight excluding hydrogens is 240 g/mol. The lowest BCUT2D eigenvalue weighted by Gasteiger charge is -2.25. The van der Waals surface area contributed by atoms with Gasteiger partial charge in [0, 0.05) is 26.1 Å². The third-order valence-corrected chi connectivity index (χ3v) is 4.60. The van der Waals surface area contributed by atoms with Gasteiger partial charge in [0.05, 0.1) is 0 Å². The fourth-order valence-corrected chi connectivity index (χ4v) is 3.48. The molecule has 0 N–H and O–H groups in total. The summed E-state index contributed by atoms with van der Waals surface area (Å²) >= 11 is 0. The van der Waals surface area contributed by atoms with E-state index in [9.17, 15) is 9.59 Å². The molecule has 0 aromatic heterocycles. The van der Waals surface area contributed by atoms with Gasteiger partial charge in [-0.1, -0.05) is 11.6 Å². The van der Waals surface area contributed by atoms with Crippen LogP contribution in [0.15, 0.2) is 11.6 Å². The van der Waals surface area contributed by atoms with Crippen LogP contribution in [0.5, 0.6) is 0 Å². The molecule has 2 heterocycles. The molecule has 104 valence electrons. The smallest absolute Gasteiger partial charge is 0.245 e. The third-order valence-electron chi connectivity index (χ3n) is 4.60. The van der Waals surface area contributed by atoms with Crippen molar-refractivity contribution in [2.24, 2.45) is 0 Å². The SMILES string of the molecule is O=C1C2CCCN2C(=O)CCN1CCC1=CCCC1. The molecule has 0 aromatic carbocycles. The normalized spacial score (nSPS) is 27.6. The molecule has 3 rings (SSSR count). The minimum atomic E-state index is -0.160. The van der Waals surface area contributed by atoms with Crippen molar-refractivity contribution in [2.45, 2.75) is 51.0 Å². The monoisotopic (exact) mass is 262 g/mol. The second kappa shape index (κ2) is 5.35. The topological polar surface area (TPSA) is 40.6 Å². The van der Waals surface area contributed by atoms with Crippen molar-refractivity contribution in [3.05, 3.63) is 11.6 Å². The Kier molecular flexibility index (Phi) is 3.58. The first-order chi connectivity index (χ1) is 9.25. The Morgan fingerprint density at radius 1 is 1.16 bits per heavy atom. The highest BCUT2D eigenvalue weighted by Crippen LogP contribution is 2.25. The van der Waals surface area contributed by atoms with Crippen molar-refractivity contribution in [1.82, 2.24) is 9.80 Å². The minimum absolute atomic E-state index is 0.160. The van der Waals surface area contributed by atoms with Gasteiger partial charge in [0.1, 0.15) is 6.04 Å². The van der Waals surface area contributed by atoms with Crippen LogP contribution in [0.25, 0.3) is 0 Å². The number of fused-ring (bicyclic) bond motifs is 1. The first-order valence-corrected chi connectivity index (χ1v) is 7.52. The van der Waals surface area contributed by atoms with Gasteiger partial charge in [-0.2, -0.15) is 0 Å². The van der Waals surface area contributed by atoms with E-state index in [0.29, 0.717) is 13.0 Å². The molecule has 4 heteroatoms. The van der Waals surface area contributed by atoms with Crippen LogP contribution in [-0.2, 0) is 9.59 Å². The Morgan fingerprint density at radius 3 is 2.84 bits per heavy atom. The highest BCUT2D eigenvalue weighted by Gasteiger charge is 2.38. The van der Waals surface area contributed by atoms with E-state index in [0.717, 1.165) is 32.4 Å². The average Bonchev–Trinajstić information content (AvgIpc) is 3.07. The van der Waals surface area contributed by atoms with Gasteiger partial charge in [-0.3, -0.25) is 9.59 Å². The Hall–Kier alpha value is -1.32. The lowest BCUT2D eigenvalue weighted by Crippen LogP contribution is -2.43. The lowest BCUT2D eigenvalue weighted by atomic mass is 10.1. The molecule has 0 radical (unpaired) electrons. The number of nitrogens with zero attached hydrogens (tertiary/aromatic N) is 2. The van der Waals surface area contributed by atoms with Gasteiger partial charge in [0.25, 0.3) is 0 Å². The van der Waals surface area contributed by atoms with Gasteiger partial charge in [0.15, 0.2) is 0 Å². The number of carbonyl (C=O) groups is 2. The van der Waals surface area contributed by atoms with Gasteiger partial charge < -0.3 is 9.80 Å². The van der Waals surface area contributed by atoms with Crippen molar-refractivity contribution in [3.8, 4) is 0 Å². The van der Waals surface area contributed by atoms with E-state index < -0.39 is 0 Å². The number of hydrogen-bond donors (Lipinski definition) is 0. The first-order valence-electron chi connectivity index (χ1n) is 7.52. The number of rotatable bonds is 3. The highest BCUT2D eigenvalue weighted by molar-refractivity contribution is 5.90. The molecule has 0 aromatic rings. The van der Waals surface area contributed by atoms with Crippen LogP contribution in [0.2, 0.25) is 0 Å². The van der Waals surface area contributed by atoms with Crippen LogP contribution in [-0.4, -0.2) is 47.3 Å². The van der Waals surface area contributed by atoms with Gasteiger partial charge >= 0.3 is 0 Å².